The van der Waals surface area contributed by atoms with E-state index in [0.29, 0.717) is 10.9 Å². The Morgan fingerprint density at radius 3 is 2.60 bits per heavy atom. The first-order valence-electron chi connectivity index (χ1n) is 5.57. The van der Waals surface area contributed by atoms with Crippen LogP contribution in [0.1, 0.15) is 44.8 Å². The minimum atomic E-state index is -0.430. The number of rotatable bonds is 5. The molecule has 1 nitrogen and oxygen atoms in total. The fourth-order valence-electron chi connectivity index (χ4n) is 1.86. The van der Waals surface area contributed by atoms with Crippen LogP contribution in [0.2, 0.25) is 5.02 Å². The average molecular weight is 227 g/mol. The smallest absolute Gasteiger partial charge is 0.0807 e. The van der Waals surface area contributed by atoms with Crippen LogP contribution in [0.15, 0.2) is 24.3 Å². The van der Waals surface area contributed by atoms with Crippen LogP contribution in [0.25, 0.3) is 0 Å². The van der Waals surface area contributed by atoms with Gasteiger partial charge in [0.1, 0.15) is 0 Å². The molecule has 0 spiro atoms. The van der Waals surface area contributed by atoms with Crippen molar-refractivity contribution in [2.75, 3.05) is 0 Å². The summed E-state index contributed by atoms with van der Waals surface area (Å²) in [7, 11) is 0. The van der Waals surface area contributed by atoms with Gasteiger partial charge in [0, 0.05) is 5.02 Å². The van der Waals surface area contributed by atoms with Gasteiger partial charge >= 0.3 is 0 Å². The average Bonchev–Trinajstić information content (AvgIpc) is 2.18. The summed E-state index contributed by atoms with van der Waals surface area (Å²) < 4.78 is 0. The van der Waals surface area contributed by atoms with Crippen LogP contribution in [-0.2, 0) is 0 Å². The number of benzene rings is 1. The van der Waals surface area contributed by atoms with Crippen LogP contribution in [0, 0.1) is 5.92 Å². The van der Waals surface area contributed by atoms with Gasteiger partial charge in [-0.05, 0) is 24.0 Å². The predicted octanol–water partition coefficient (Wildman–Crippen LogP) is 4.20. The maximum absolute atomic E-state index is 10.0. The highest BCUT2D eigenvalue weighted by Gasteiger charge is 2.14. The van der Waals surface area contributed by atoms with E-state index in [4.69, 9.17) is 11.6 Å². The normalized spacial score (nSPS) is 14.9. The third-order valence-corrected chi connectivity index (χ3v) is 3.02. The number of halogens is 1. The molecule has 0 saturated heterocycles. The predicted molar refractivity (Wildman–Crippen MR) is 65.1 cm³/mol. The SMILES string of the molecule is CCCC(C)CC(O)c1ccccc1Cl. The first kappa shape index (κ1) is 12.5. The highest BCUT2D eigenvalue weighted by molar-refractivity contribution is 6.31. The van der Waals surface area contributed by atoms with Gasteiger partial charge in [-0.3, -0.25) is 0 Å². The Morgan fingerprint density at radius 1 is 1.33 bits per heavy atom. The molecule has 84 valence electrons. The van der Waals surface area contributed by atoms with E-state index < -0.39 is 6.10 Å². The molecule has 1 rings (SSSR count). The minimum absolute atomic E-state index is 0.430. The highest BCUT2D eigenvalue weighted by atomic mass is 35.5. The first-order chi connectivity index (χ1) is 7.15. The van der Waals surface area contributed by atoms with E-state index in [1.165, 1.54) is 0 Å². The summed E-state index contributed by atoms with van der Waals surface area (Å²) in [6.07, 6.45) is 2.68. The Labute approximate surface area is 97.1 Å². The fourth-order valence-corrected chi connectivity index (χ4v) is 2.13. The topological polar surface area (TPSA) is 20.2 Å². The van der Waals surface area contributed by atoms with E-state index >= 15 is 0 Å². The van der Waals surface area contributed by atoms with Gasteiger partial charge in [-0.1, -0.05) is 56.5 Å². The third-order valence-electron chi connectivity index (χ3n) is 2.67. The van der Waals surface area contributed by atoms with E-state index in [2.05, 4.69) is 13.8 Å². The van der Waals surface area contributed by atoms with Crippen molar-refractivity contribution in [2.45, 2.75) is 39.2 Å². The Morgan fingerprint density at radius 2 is 2.00 bits per heavy atom. The zero-order valence-corrected chi connectivity index (χ0v) is 10.2. The number of aliphatic hydroxyl groups is 1. The Hall–Kier alpha value is -0.530. The second-order valence-corrected chi connectivity index (χ2v) is 4.57. The van der Waals surface area contributed by atoms with Crippen LogP contribution < -0.4 is 0 Å². The molecular formula is C13H19ClO. The molecule has 0 saturated carbocycles. The Bertz CT molecular complexity index is 298. The summed E-state index contributed by atoms with van der Waals surface area (Å²) in [5, 5.41) is 10.7. The Balaban J connectivity index is 2.61. The van der Waals surface area contributed by atoms with Crippen molar-refractivity contribution in [3.63, 3.8) is 0 Å². The maximum atomic E-state index is 10.0. The third kappa shape index (κ3) is 3.84. The van der Waals surface area contributed by atoms with Crippen molar-refractivity contribution in [3.8, 4) is 0 Å². The van der Waals surface area contributed by atoms with Gasteiger partial charge in [0.25, 0.3) is 0 Å². The van der Waals surface area contributed by atoms with Crippen molar-refractivity contribution in [3.05, 3.63) is 34.9 Å². The first-order valence-corrected chi connectivity index (χ1v) is 5.95. The largest absolute Gasteiger partial charge is 0.388 e. The molecule has 0 amide bonds. The lowest BCUT2D eigenvalue weighted by atomic mass is 9.95. The summed E-state index contributed by atoms with van der Waals surface area (Å²) >= 11 is 6.02. The molecule has 0 aromatic heterocycles. The molecule has 0 aliphatic heterocycles. The molecule has 1 aromatic rings. The van der Waals surface area contributed by atoms with E-state index in [1.807, 2.05) is 24.3 Å². The summed E-state index contributed by atoms with van der Waals surface area (Å²) in [6, 6.07) is 7.51. The Kier molecular flexibility index (Phi) is 5.13. The molecule has 0 bridgehead atoms. The van der Waals surface area contributed by atoms with Crippen molar-refractivity contribution in [2.24, 2.45) is 5.92 Å². The lowest BCUT2D eigenvalue weighted by Crippen LogP contribution is -2.04. The van der Waals surface area contributed by atoms with Crippen molar-refractivity contribution in [1.29, 1.82) is 0 Å². The maximum Gasteiger partial charge on any atom is 0.0807 e. The molecule has 0 fully saturated rings. The lowest BCUT2D eigenvalue weighted by molar-refractivity contribution is 0.145. The molecule has 2 unspecified atom stereocenters. The lowest BCUT2D eigenvalue weighted by Gasteiger charge is -2.17. The van der Waals surface area contributed by atoms with Crippen molar-refractivity contribution < 1.29 is 5.11 Å². The van der Waals surface area contributed by atoms with E-state index in [-0.39, 0.29) is 0 Å². The van der Waals surface area contributed by atoms with Crippen molar-refractivity contribution in [1.82, 2.24) is 0 Å². The van der Waals surface area contributed by atoms with Crippen LogP contribution >= 0.6 is 11.6 Å². The van der Waals surface area contributed by atoms with Gasteiger partial charge in [0.15, 0.2) is 0 Å². The van der Waals surface area contributed by atoms with Crippen LogP contribution in [0.3, 0.4) is 0 Å². The second kappa shape index (κ2) is 6.14. The number of hydrogen-bond donors (Lipinski definition) is 1. The second-order valence-electron chi connectivity index (χ2n) is 4.17. The number of aliphatic hydroxyl groups excluding tert-OH is 1. The molecule has 1 aromatic carbocycles. The minimum Gasteiger partial charge on any atom is -0.388 e. The monoisotopic (exact) mass is 226 g/mol. The number of hydrogen-bond acceptors (Lipinski definition) is 1. The summed E-state index contributed by atoms with van der Waals surface area (Å²) in [4.78, 5) is 0. The molecular weight excluding hydrogens is 208 g/mol. The van der Waals surface area contributed by atoms with Gasteiger partial charge in [-0.25, -0.2) is 0 Å². The van der Waals surface area contributed by atoms with Gasteiger partial charge in [0.05, 0.1) is 6.10 Å². The van der Waals surface area contributed by atoms with Crippen molar-refractivity contribution >= 4 is 11.6 Å². The quantitative estimate of drug-likeness (QED) is 0.798. The van der Waals surface area contributed by atoms with E-state index in [1.54, 1.807) is 0 Å². The highest BCUT2D eigenvalue weighted by Crippen LogP contribution is 2.28. The fraction of sp³-hybridized carbons (Fsp3) is 0.538. The van der Waals surface area contributed by atoms with E-state index in [0.717, 1.165) is 24.8 Å². The van der Waals surface area contributed by atoms with E-state index in [9.17, 15) is 5.11 Å². The van der Waals surface area contributed by atoms with Gasteiger partial charge < -0.3 is 5.11 Å². The van der Waals surface area contributed by atoms with Crippen LogP contribution in [0.4, 0.5) is 0 Å². The molecule has 2 atom stereocenters. The molecule has 0 heterocycles. The zero-order chi connectivity index (χ0) is 11.3. The van der Waals surface area contributed by atoms with Crippen LogP contribution in [0.5, 0.6) is 0 Å². The summed E-state index contributed by atoms with van der Waals surface area (Å²) in [6.45, 7) is 4.34. The molecule has 2 heteroatoms. The zero-order valence-electron chi connectivity index (χ0n) is 9.41. The molecule has 0 aliphatic carbocycles. The van der Waals surface area contributed by atoms with Gasteiger partial charge in [-0.15, -0.1) is 0 Å². The summed E-state index contributed by atoms with van der Waals surface area (Å²) in [5.41, 5.74) is 0.849. The molecule has 0 radical (unpaired) electrons. The molecule has 0 aliphatic rings. The molecule has 15 heavy (non-hydrogen) atoms. The standard InChI is InChI=1S/C13H19ClO/c1-3-6-10(2)9-13(15)11-7-4-5-8-12(11)14/h4-5,7-8,10,13,15H,3,6,9H2,1-2H3. The molecule has 1 N–H and O–H groups in total. The van der Waals surface area contributed by atoms with Crippen LogP contribution in [-0.4, -0.2) is 5.11 Å². The van der Waals surface area contributed by atoms with Gasteiger partial charge in [-0.2, -0.15) is 0 Å². The van der Waals surface area contributed by atoms with Gasteiger partial charge in [0.2, 0.25) is 0 Å². The summed E-state index contributed by atoms with van der Waals surface area (Å²) in [5.74, 6) is 0.543.